The smallest absolute Gasteiger partial charge is 0.265 e. The Kier molecular flexibility index (Phi) is 3.91. The van der Waals surface area contributed by atoms with Crippen LogP contribution in [0.4, 0.5) is 0 Å². The molecule has 0 fully saturated rings. The number of nitrogens with one attached hydrogen (secondary N) is 1. The highest BCUT2D eigenvalue weighted by Crippen LogP contribution is 1.98. The molecule has 0 spiro atoms. The van der Waals surface area contributed by atoms with E-state index < -0.39 is 22.1 Å². The van der Waals surface area contributed by atoms with Gasteiger partial charge in [0.05, 0.1) is 6.26 Å². The van der Waals surface area contributed by atoms with Crippen LogP contribution in [0, 0.1) is 0 Å². The van der Waals surface area contributed by atoms with Gasteiger partial charge in [0.1, 0.15) is 0 Å². The zero-order valence-corrected chi connectivity index (χ0v) is 7.72. The lowest BCUT2D eigenvalue weighted by Crippen LogP contribution is -2.33. The number of hydrogen-bond acceptors (Lipinski definition) is 4. The van der Waals surface area contributed by atoms with Crippen molar-refractivity contribution in [3.05, 3.63) is 12.7 Å². The number of carbonyl (C=O) groups is 1. The Morgan fingerprint density at radius 3 is 2.42 bits per heavy atom. The van der Waals surface area contributed by atoms with Crippen molar-refractivity contribution in [2.45, 2.75) is 6.10 Å². The molecule has 0 aliphatic heterocycles. The normalized spacial score (nSPS) is 13.5. The van der Waals surface area contributed by atoms with Crippen LogP contribution in [0.25, 0.3) is 0 Å². The van der Waals surface area contributed by atoms with Gasteiger partial charge < -0.3 is 5.32 Å². The summed E-state index contributed by atoms with van der Waals surface area (Å²) in [6.07, 6.45) is 0.830. The lowest BCUT2D eigenvalue weighted by molar-refractivity contribution is -0.125. The Hall–Kier alpha value is -0.880. The molecule has 6 heteroatoms. The summed E-state index contributed by atoms with van der Waals surface area (Å²) in [6, 6.07) is 0. The predicted octanol–water partition coefficient (Wildman–Crippen LogP) is -0.737. The van der Waals surface area contributed by atoms with Gasteiger partial charge in [-0.2, -0.15) is 8.42 Å². The highest BCUT2D eigenvalue weighted by molar-refractivity contribution is 7.86. The van der Waals surface area contributed by atoms with Crippen molar-refractivity contribution in [3.63, 3.8) is 0 Å². The van der Waals surface area contributed by atoms with Gasteiger partial charge in [-0.3, -0.25) is 8.98 Å². The number of likely N-dealkylation sites (N-methyl/N-ethyl adjacent to an activating group) is 1. The summed E-state index contributed by atoms with van der Waals surface area (Å²) >= 11 is 0. The maximum Gasteiger partial charge on any atom is 0.265 e. The van der Waals surface area contributed by atoms with E-state index in [9.17, 15) is 13.2 Å². The summed E-state index contributed by atoms with van der Waals surface area (Å²) in [4.78, 5) is 10.8. The average Bonchev–Trinajstić information content (AvgIpc) is 1.97. The van der Waals surface area contributed by atoms with Gasteiger partial charge in [0.25, 0.3) is 16.0 Å². The van der Waals surface area contributed by atoms with E-state index in [2.05, 4.69) is 16.1 Å². The van der Waals surface area contributed by atoms with E-state index in [4.69, 9.17) is 0 Å². The van der Waals surface area contributed by atoms with Gasteiger partial charge >= 0.3 is 0 Å². The summed E-state index contributed by atoms with van der Waals surface area (Å²) in [5.41, 5.74) is 0. The van der Waals surface area contributed by atoms with E-state index in [1.54, 1.807) is 0 Å². The van der Waals surface area contributed by atoms with Gasteiger partial charge in [-0.25, -0.2) is 0 Å². The van der Waals surface area contributed by atoms with Crippen LogP contribution in [0.1, 0.15) is 0 Å². The van der Waals surface area contributed by atoms with E-state index >= 15 is 0 Å². The van der Waals surface area contributed by atoms with Gasteiger partial charge in [0.2, 0.25) is 0 Å². The van der Waals surface area contributed by atoms with Crippen LogP contribution in [-0.2, 0) is 19.1 Å². The number of hydrogen-bond donors (Lipinski definition) is 1. The van der Waals surface area contributed by atoms with Crippen molar-refractivity contribution >= 4 is 16.0 Å². The number of rotatable bonds is 4. The largest absolute Gasteiger partial charge is 0.357 e. The minimum absolute atomic E-state index is 0.546. The summed E-state index contributed by atoms with van der Waals surface area (Å²) in [7, 11) is -2.24. The molecule has 1 unspecified atom stereocenters. The topological polar surface area (TPSA) is 72.5 Å². The zero-order chi connectivity index (χ0) is 9.78. The Labute approximate surface area is 71.5 Å². The van der Waals surface area contributed by atoms with Crippen LogP contribution in [0.3, 0.4) is 0 Å². The lowest BCUT2D eigenvalue weighted by Gasteiger charge is -2.09. The molecule has 0 aromatic heterocycles. The fourth-order valence-corrected chi connectivity index (χ4v) is 1.06. The van der Waals surface area contributed by atoms with Crippen molar-refractivity contribution in [1.82, 2.24) is 5.32 Å². The van der Waals surface area contributed by atoms with Gasteiger partial charge in [0.15, 0.2) is 6.10 Å². The molecule has 0 heterocycles. The first-order valence-corrected chi connectivity index (χ1v) is 4.94. The molecule has 0 bridgehead atoms. The maximum atomic E-state index is 10.8. The molecular weight excluding hydrogens is 182 g/mol. The molecule has 0 saturated carbocycles. The molecule has 0 saturated heterocycles. The van der Waals surface area contributed by atoms with Crippen LogP contribution >= 0.6 is 0 Å². The quantitative estimate of drug-likeness (QED) is 0.471. The van der Waals surface area contributed by atoms with Gasteiger partial charge in [-0.1, -0.05) is 12.7 Å². The minimum Gasteiger partial charge on any atom is -0.357 e. The van der Waals surface area contributed by atoms with Crippen LogP contribution < -0.4 is 5.32 Å². The van der Waals surface area contributed by atoms with Gasteiger partial charge in [0, 0.05) is 7.05 Å². The molecule has 1 atom stereocenters. The molecule has 0 aromatic rings. The Balaban J connectivity index is 4.39. The molecule has 1 amide bonds. The fourth-order valence-electron chi connectivity index (χ4n) is 0.521. The van der Waals surface area contributed by atoms with Crippen molar-refractivity contribution < 1.29 is 17.4 Å². The number of amides is 1. The second-order valence-corrected chi connectivity index (χ2v) is 3.67. The van der Waals surface area contributed by atoms with E-state index in [-0.39, 0.29) is 0 Å². The monoisotopic (exact) mass is 193 g/mol. The Bertz CT molecular complexity index is 269. The third-order valence-corrected chi connectivity index (χ3v) is 1.55. The first kappa shape index (κ1) is 11.1. The van der Waals surface area contributed by atoms with Crippen molar-refractivity contribution in [2.75, 3.05) is 13.3 Å². The van der Waals surface area contributed by atoms with E-state index in [1.165, 1.54) is 7.05 Å². The predicted molar refractivity (Wildman–Crippen MR) is 44.0 cm³/mol. The SMILES string of the molecule is C=CC(OS(C)(=O)=O)C(=O)NC. The van der Waals surface area contributed by atoms with Crippen molar-refractivity contribution in [3.8, 4) is 0 Å². The molecule has 5 nitrogen and oxygen atoms in total. The summed E-state index contributed by atoms with van der Waals surface area (Å²) in [5, 5.41) is 2.24. The second-order valence-electron chi connectivity index (χ2n) is 2.07. The third kappa shape index (κ3) is 4.09. The molecule has 0 aliphatic carbocycles. The maximum absolute atomic E-state index is 10.8. The first-order valence-electron chi connectivity index (χ1n) is 3.13. The lowest BCUT2D eigenvalue weighted by atomic mass is 10.3. The van der Waals surface area contributed by atoms with Crippen LogP contribution in [0.15, 0.2) is 12.7 Å². The van der Waals surface area contributed by atoms with Crippen molar-refractivity contribution in [1.29, 1.82) is 0 Å². The van der Waals surface area contributed by atoms with E-state index in [1.807, 2.05) is 0 Å². The Morgan fingerprint density at radius 2 is 2.17 bits per heavy atom. The molecule has 0 rings (SSSR count). The summed E-state index contributed by atoms with van der Waals surface area (Å²) < 4.78 is 25.5. The molecule has 0 radical (unpaired) electrons. The molecule has 12 heavy (non-hydrogen) atoms. The Morgan fingerprint density at radius 1 is 1.67 bits per heavy atom. The third-order valence-electron chi connectivity index (χ3n) is 0.997. The van der Waals surface area contributed by atoms with E-state index in [0.29, 0.717) is 0 Å². The van der Waals surface area contributed by atoms with Gasteiger partial charge in [-0.05, 0) is 0 Å². The zero-order valence-electron chi connectivity index (χ0n) is 6.90. The summed E-state index contributed by atoms with van der Waals surface area (Å²) in [6.45, 7) is 3.26. The minimum atomic E-state index is -3.62. The molecule has 0 aliphatic rings. The molecular formula is C6H11NO4S. The van der Waals surface area contributed by atoms with Crippen LogP contribution in [-0.4, -0.2) is 33.7 Å². The molecule has 70 valence electrons. The van der Waals surface area contributed by atoms with Crippen LogP contribution in [0.5, 0.6) is 0 Å². The average molecular weight is 193 g/mol. The van der Waals surface area contributed by atoms with Crippen LogP contribution in [0.2, 0.25) is 0 Å². The highest BCUT2D eigenvalue weighted by Gasteiger charge is 2.18. The second kappa shape index (κ2) is 4.22. The standard InChI is InChI=1S/C6H11NO4S/c1-4-5(6(8)7-2)11-12(3,9)10/h4-5H,1H2,2-3H3,(H,7,8). The van der Waals surface area contributed by atoms with Gasteiger partial charge in [-0.15, -0.1) is 0 Å². The first-order chi connectivity index (χ1) is 5.40. The van der Waals surface area contributed by atoms with E-state index in [0.717, 1.165) is 12.3 Å². The fraction of sp³-hybridized carbons (Fsp3) is 0.500. The summed E-state index contributed by atoms with van der Waals surface area (Å²) in [5.74, 6) is -0.546. The highest BCUT2D eigenvalue weighted by atomic mass is 32.2. The molecule has 1 N–H and O–H groups in total. The molecule has 0 aromatic carbocycles. The van der Waals surface area contributed by atoms with Crippen molar-refractivity contribution in [2.24, 2.45) is 0 Å². The number of carbonyl (C=O) groups excluding carboxylic acids is 1.